The number of aliphatic hydroxyl groups excluding tert-OH is 2. The Labute approximate surface area is 125 Å². The van der Waals surface area contributed by atoms with Crippen molar-refractivity contribution in [3.05, 3.63) is 65.2 Å². The molecule has 3 heteroatoms. The second kappa shape index (κ2) is 7.25. The fourth-order valence-corrected chi connectivity index (χ4v) is 2.60. The van der Waals surface area contributed by atoms with Gasteiger partial charge < -0.3 is 14.9 Å². The van der Waals surface area contributed by atoms with Gasteiger partial charge in [0.2, 0.25) is 0 Å². The molecule has 1 aliphatic rings. The van der Waals surface area contributed by atoms with Gasteiger partial charge in [-0.3, -0.25) is 0 Å². The van der Waals surface area contributed by atoms with Crippen molar-refractivity contribution < 1.29 is 14.9 Å². The highest BCUT2D eigenvalue weighted by atomic mass is 16.6. The van der Waals surface area contributed by atoms with Gasteiger partial charge >= 0.3 is 0 Å². The van der Waals surface area contributed by atoms with Gasteiger partial charge in [-0.15, -0.1) is 0 Å². The average molecular weight is 286 g/mol. The Morgan fingerprint density at radius 1 is 1.10 bits per heavy atom. The number of ether oxygens (including phenoxy) is 1. The lowest BCUT2D eigenvalue weighted by Gasteiger charge is -2.30. The molecule has 0 fully saturated rings. The van der Waals surface area contributed by atoms with Gasteiger partial charge in [-0.05, 0) is 23.3 Å². The lowest BCUT2D eigenvalue weighted by Crippen LogP contribution is -2.25. The largest absolute Gasteiger partial charge is 0.465 e. The third kappa shape index (κ3) is 3.43. The molecule has 21 heavy (non-hydrogen) atoms. The van der Waals surface area contributed by atoms with Crippen LogP contribution in [-0.2, 0) is 6.61 Å². The van der Waals surface area contributed by atoms with Crippen LogP contribution in [0, 0.1) is 0 Å². The van der Waals surface area contributed by atoms with Crippen LogP contribution in [-0.4, -0.2) is 16.5 Å². The number of aliphatic hydroxyl groups is 2. The van der Waals surface area contributed by atoms with Crippen molar-refractivity contribution in [2.75, 3.05) is 0 Å². The quantitative estimate of drug-likeness (QED) is 0.889. The van der Waals surface area contributed by atoms with E-state index in [1.807, 2.05) is 50.2 Å². The summed E-state index contributed by atoms with van der Waals surface area (Å²) in [6.45, 7) is 4.01. The summed E-state index contributed by atoms with van der Waals surface area (Å²) < 4.78 is 5.46. The molecule has 2 atom stereocenters. The van der Waals surface area contributed by atoms with Gasteiger partial charge in [0.1, 0.15) is 5.75 Å². The lowest BCUT2D eigenvalue weighted by molar-refractivity contribution is -0.0359. The summed E-state index contributed by atoms with van der Waals surface area (Å²) in [5.41, 5.74) is 3.05. The van der Waals surface area contributed by atoms with E-state index in [1.54, 1.807) is 0 Å². The molecular formula is C18H22O3. The molecule has 0 spiro atoms. The van der Waals surface area contributed by atoms with E-state index in [2.05, 4.69) is 12.1 Å². The fraction of sp³-hybridized carbons (Fsp3) is 0.333. The molecule has 0 radical (unpaired) electrons. The van der Waals surface area contributed by atoms with Gasteiger partial charge in [0.25, 0.3) is 0 Å². The Bertz CT molecular complexity index is 566. The predicted molar refractivity (Wildman–Crippen MR) is 83.2 cm³/mol. The highest BCUT2D eigenvalue weighted by Gasteiger charge is 2.28. The van der Waals surface area contributed by atoms with Crippen molar-refractivity contribution in [3.63, 3.8) is 0 Å². The maximum Gasteiger partial charge on any atom is 0.198 e. The molecule has 2 unspecified atom stereocenters. The topological polar surface area (TPSA) is 49.7 Å². The van der Waals surface area contributed by atoms with E-state index in [9.17, 15) is 10.2 Å². The van der Waals surface area contributed by atoms with Crippen LogP contribution in [0.4, 0.5) is 0 Å². The van der Waals surface area contributed by atoms with Crippen LogP contribution in [0.3, 0.4) is 0 Å². The van der Waals surface area contributed by atoms with E-state index in [4.69, 9.17) is 4.74 Å². The molecule has 0 saturated carbocycles. The van der Waals surface area contributed by atoms with Gasteiger partial charge in [-0.25, -0.2) is 0 Å². The van der Waals surface area contributed by atoms with Crippen molar-refractivity contribution in [2.45, 2.75) is 39.1 Å². The van der Waals surface area contributed by atoms with E-state index in [1.165, 1.54) is 0 Å². The van der Waals surface area contributed by atoms with Crippen LogP contribution >= 0.6 is 0 Å². The zero-order valence-electron chi connectivity index (χ0n) is 12.5. The summed E-state index contributed by atoms with van der Waals surface area (Å²) >= 11 is 0. The monoisotopic (exact) mass is 286 g/mol. The molecule has 0 aliphatic carbocycles. The molecule has 2 aromatic rings. The Hall–Kier alpha value is -1.84. The summed E-state index contributed by atoms with van der Waals surface area (Å²) in [6, 6.07) is 15.7. The molecule has 1 heterocycles. The van der Waals surface area contributed by atoms with Crippen molar-refractivity contribution in [3.8, 4) is 5.75 Å². The summed E-state index contributed by atoms with van der Waals surface area (Å²) in [7, 11) is 0. The molecule has 3 rings (SSSR count). The first-order valence-electron chi connectivity index (χ1n) is 7.41. The van der Waals surface area contributed by atoms with Gasteiger partial charge in [0, 0.05) is 17.9 Å². The van der Waals surface area contributed by atoms with Gasteiger partial charge in [-0.1, -0.05) is 50.2 Å². The normalized spacial score (nSPS) is 19.8. The molecule has 1 aliphatic heterocycles. The van der Waals surface area contributed by atoms with Crippen LogP contribution in [0.1, 0.15) is 42.9 Å². The van der Waals surface area contributed by atoms with E-state index in [0.29, 0.717) is 12.2 Å². The predicted octanol–water partition coefficient (Wildman–Crippen LogP) is 3.44. The molecule has 0 saturated heterocycles. The fourth-order valence-electron chi connectivity index (χ4n) is 2.60. The van der Waals surface area contributed by atoms with E-state index in [0.717, 1.165) is 16.7 Å². The number of hydrogen-bond donors (Lipinski definition) is 2. The van der Waals surface area contributed by atoms with E-state index in [-0.39, 0.29) is 12.5 Å². The summed E-state index contributed by atoms with van der Waals surface area (Å²) in [6.07, 6.45) is -0.246. The molecule has 0 amide bonds. The first-order chi connectivity index (χ1) is 10.3. The van der Waals surface area contributed by atoms with E-state index >= 15 is 0 Å². The molecule has 0 aromatic heterocycles. The second-order valence-electron chi connectivity index (χ2n) is 4.80. The number of rotatable bonds is 2. The molecule has 0 bridgehead atoms. The molecule has 2 aromatic carbocycles. The minimum absolute atomic E-state index is 0.0113. The number of hydrogen-bond acceptors (Lipinski definition) is 3. The summed E-state index contributed by atoms with van der Waals surface area (Å²) in [5.74, 6) is 0.802. The number of benzene rings is 2. The summed E-state index contributed by atoms with van der Waals surface area (Å²) in [4.78, 5) is 0. The minimum atomic E-state index is -0.780. The van der Waals surface area contributed by atoms with Crippen LogP contribution in [0.15, 0.2) is 48.5 Å². The Balaban J connectivity index is 0.000000774. The Kier molecular flexibility index (Phi) is 5.37. The highest BCUT2D eigenvalue weighted by Crippen LogP contribution is 2.40. The van der Waals surface area contributed by atoms with Crippen LogP contribution < -0.4 is 4.74 Å². The third-order valence-corrected chi connectivity index (χ3v) is 3.53. The van der Waals surface area contributed by atoms with Crippen LogP contribution in [0.25, 0.3) is 0 Å². The SMILES string of the molecule is CC.OCc1ccc2c(c1)C(c1ccccc1)CC(O)O2. The standard InChI is InChI=1S/C16H16O3.C2H6/c17-10-11-6-7-15-14(8-11)13(9-16(18)19-15)12-4-2-1-3-5-12;1-2/h1-8,13,16-18H,9-10H2;1-2H3. The van der Waals surface area contributed by atoms with Crippen molar-refractivity contribution in [1.29, 1.82) is 0 Å². The molecular weight excluding hydrogens is 264 g/mol. The minimum Gasteiger partial charge on any atom is -0.465 e. The third-order valence-electron chi connectivity index (χ3n) is 3.53. The second-order valence-corrected chi connectivity index (χ2v) is 4.80. The Morgan fingerprint density at radius 3 is 2.48 bits per heavy atom. The first kappa shape index (κ1) is 15.5. The smallest absolute Gasteiger partial charge is 0.198 e. The number of fused-ring (bicyclic) bond motifs is 1. The van der Waals surface area contributed by atoms with Crippen molar-refractivity contribution in [1.82, 2.24) is 0 Å². The Morgan fingerprint density at radius 2 is 1.81 bits per heavy atom. The zero-order valence-corrected chi connectivity index (χ0v) is 12.5. The van der Waals surface area contributed by atoms with Gasteiger partial charge in [0.15, 0.2) is 6.29 Å². The van der Waals surface area contributed by atoms with Crippen LogP contribution in [0.5, 0.6) is 5.75 Å². The lowest BCUT2D eigenvalue weighted by atomic mass is 9.85. The van der Waals surface area contributed by atoms with Gasteiger partial charge in [0.05, 0.1) is 6.61 Å². The van der Waals surface area contributed by atoms with Crippen molar-refractivity contribution in [2.24, 2.45) is 0 Å². The summed E-state index contributed by atoms with van der Waals surface area (Å²) in [5, 5.41) is 19.1. The van der Waals surface area contributed by atoms with Crippen molar-refractivity contribution >= 4 is 0 Å². The maximum atomic E-state index is 9.84. The molecule has 2 N–H and O–H groups in total. The average Bonchev–Trinajstić information content (AvgIpc) is 2.56. The van der Waals surface area contributed by atoms with E-state index < -0.39 is 6.29 Å². The molecule has 112 valence electrons. The van der Waals surface area contributed by atoms with Crippen LogP contribution in [0.2, 0.25) is 0 Å². The first-order valence-corrected chi connectivity index (χ1v) is 7.41. The maximum absolute atomic E-state index is 9.84. The highest BCUT2D eigenvalue weighted by molar-refractivity contribution is 5.45. The molecule has 3 nitrogen and oxygen atoms in total. The van der Waals surface area contributed by atoms with Gasteiger partial charge in [-0.2, -0.15) is 0 Å². The zero-order chi connectivity index (χ0) is 15.2.